The van der Waals surface area contributed by atoms with Crippen LogP contribution in [0, 0.1) is 5.92 Å². The van der Waals surface area contributed by atoms with E-state index in [2.05, 4.69) is 5.32 Å². The molecule has 140 valence electrons. The highest BCUT2D eigenvalue weighted by Gasteiger charge is 2.33. The van der Waals surface area contributed by atoms with Gasteiger partial charge in [0, 0.05) is 19.2 Å². The normalized spacial score (nSPS) is 15.6. The minimum absolute atomic E-state index is 0. The molecule has 0 aromatic heterocycles. The Kier molecular flexibility index (Phi) is 17.2. The molecule has 0 aliphatic carbocycles. The Hall–Kier alpha value is -0.0851. The first kappa shape index (κ1) is 27.7. The predicted molar refractivity (Wildman–Crippen MR) is 96.2 cm³/mol. The number of nitrogens with two attached hydrogens (primary N) is 1. The summed E-state index contributed by atoms with van der Waals surface area (Å²) in [4.78, 5) is 11.3. The molecule has 0 saturated carbocycles. The molecule has 0 aliphatic heterocycles. The van der Waals surface area contributed by atoms with E-state index in [0.717, 1.165) is 6.42 Å². The maximum absolute atomic E-state index is 11.3. The third-order valence-corrected chi connectivity index (χ3v) is 3.59. The zero-order valence-electron chi connectivity index (χ0n) is 13.8. The third-order valence-electron chi connectivity index (χ3n) is 3.59. The van der Waals surface area contributed by atoms with Crippen LogP contribution in [0.5, 0.6) is 0 Å². The minimum atomic E-state index is -1.36. The number of nitrogens with one attached hydrogen (secondary N) is 1. The monoisotopic (exact) mass is 376 g/mol. The van der Waals surface area contributed by atoms with Gasteiger partial charge in [-0.15, -0.1) is 24.8 Å². The standard InChI is InChI=1S/C13H29BN2O5.2ClH/c1-10(8-17)7-11(2)16-9-13(15,12(18)19)5-3-4-6-14(20)21;;/h10-11,16-17,20-21H,3-9,15H2,1-2H3,(H,18,19);2*1H/t10-,11?,13?;;/m0../s1. The average molecular weight is 377 g/mol. The first-order valence-electron chi connectivity index (χ1n) is 7.44. The van der Waals surface area contributed by atoms with Crippen LogP contribution < -0.4 is 11.1 Å². The van der Waals surface area contributed by atoms with Crippen molar-refractivity contribution in [3.8, 4) is 0 Å². The molecule has 7 nitrogen and oxygen atoms in total. The van der Waals surface area contributed by atoms with Crippen molar-refractivity contribution in [3.63, 3.8) is 0 Å². The van der Waals surface area contributed by atoms with Crippen molar-refractivity contribution < 1.29 is 25.1 Å². The number of hydrogen-bond donors (Lipinski definition) is 6. The van der Waals surface area contributed by atoms with E-state index >= 15 is 0 Å². The number of aliphatic hydroxyl groups excluding tert-OH is 1. The van der Waals surface area contributed by atoms with E-state index in [9.17, 15) is 9.90 Å². The number of rotatable bonds is 12. The van der Waals surface area contributed by atoms with Crippen LogP contribution in [0.25, 0.3) is 0 Å². The summed E-state index contributed by atoms with van der Waals surface area (Å²) in [5.74, 6) is -0.919. The van der Waals surface area contributed by atoms with Gasteiger partial charge in [0.15, 0.2) is 0 Å². The largest absolute Gasteiger partial charge is 0.480 e. The maximum Gasteiger partial charge on any atom is 0.451 e. The lowest BCUT2D eigenvalue weighted by atomic mass is 9.82. The van der Waals surface area contributed by atoms with E-state index in [1.807, 2.05) is 13.8 Å². The second-order valence-electron chi connectivity index (χ2n) is 5.99. The van der Waals surface area contributed by atoms with Crippen molar-refractivity contribution in [2.24, 2.45) is 11.7 Å². The summed E-state index contributed by atoms with van der Waals surface area (Å²) in [6, 6.07) is 0.0636. The van der Waals surface area contributed by atoms with Crippen LogP contribution in [-0.2, 0) is 4.79 Å². The Morgan fingerprint density at radius 1 is 1.26 bits per heavy atom. The van der Waals surface area contributed by atoms with Crippen LogP contribution in [0.2, 0.25) is 6.32 Å². The van der Waals surface area contributed by atoms with Gasteiger partial charge in [0.1, 0.15) is 5.54 Å². The Morgan fingerprint density at radius 3 is 2.26 bits per heavy atom. The molecule has 0 amide bonds. The third kappa shape index (κ3) is 12.9. The molecule has 0 heterocycles. The second-order valence-corrected chi connectivity index (χ2v) is 5.99. The van der Waals surface area contributed by atoms with Gasteiger partial charge in [0.2, 0.25) is 0 Å². The fourth-order valence-electron chi connectivity index (χ4n) is 2.16. The van der Waals surface area contributed by atoms with E-state index in [0.29, 0.717) is 12.8 Å². The van der Waals surface area contributed by atoms with Gasteiger partial charge in [-0.1, -0.05) is 19.8 Å². The number of hydrogen-bond acceptors (Lipinski definition) is 6. The van der Waals surface area contributed by atoms with E-state index in [4.69, 9.17) is 20.9 Å². The molecule has 7 N–H and O–H groups in total. The van der Waals surface area contributed by atoms with Gasteiger partial charge in [0.05, 0.1) is 0 Å². The minimum Gasteiger partial charge on any atom is -0.480 e. The Morgan fingerprint density at radius 2 is 1.83 bits per heavy atom. The Bertz CT molecular complexity index is 316. The molecule has 0 fully saturated rings. The lowest BCUT2D eigenvalue weighted by Crippen LogP contribution is -2.56. The number of carboxylic acid groups (broad SMARTS) is 1. The van der Waals surface area contributed by atoms with E-state index in [-0.39, 0.29) is 62.7 Å². The molecule has 3 atom stereocenters. The van der Waals surface area contributed by atoms with Crippen LogP contribution >= 0.6 is 24.8 Å². The summed E-state index contributed by atoms with van der Waals surface area (Å²) < 4.78 is 0. The number of carbonyl (C=O) groups is 1. The van der Waals surface area contributed by atoms with Crippen LogP contribution in [0.1, 0.15) is 39.5 Å². The Balaban J connectivity index is -0.00000200. The summed E-state index contributed by atoms with van der Waals surface area (Å²) in [6.45, 7) is 4.09. The molecular formula is C13H31BCl2N2O5. The van der Waals surface area contributed by atoms with Gasteiger partial charge < -0.3 is 31.3 Å². The number of carboxylic acids is 1. The smallest absolute Gasteiger partial charge is 0.451 e. The van der Waals surface area contributed by atoms with Crippen molar-refractivity contribution in [2.75, 3.05) is 13.2 Å². The topological polar surface area (TPSA) is 136 Å². The molecule has 0 bridgehead atoms. The lowest BCUT2D eigenvalue weighted by Gasteiger charge is -2.28. The molecule has 0 aromatic rings. The van der Waals surface area contributed by atoms with Gasteiger partial charge in [-0.2, -0.15) is 0 Å². The molecule has 0 aromatic carbocycles. The number of aliphatic hydroxyl groups is 1. The number of halogens is 2. The van der Waals surface area contributed by atoms with E-state index in [1.165, 1.54) is 0 Å². The zero-order chi connectivity index (χ0) is 16.5. The average Bonchev–Trinajstić information content (AvgIpc) is 2.40. The van der Waals surface area contributed by atoms with Crippen molar-refractivity contribution >= 4 is 37.9 Å². The van der Waals surface area contributed by atoms with Crippen molar-refractivity contribution in [2.45, 2.75) is 57.4 Å². The fraction of sp³-hybridized carbons (Fsp3) is 0.923. The maximum atomic E-state index is 11.3. The highest BCUT2D eigenvalue weighted by atomic mass is 35.5. The summed E-state index contributed by atoms with van der Waals surface area (Å²) in [6.07, 6.45) is 2.26. The fourth-order valence-corrected chi connectivity index (χ4v) is 2.16. The molecule has 0 spiro atoms. The molecule has 0 aliphatic rings. The van der Waals surface area contributed by atoms with Crippen molar-refractivity contribution in [1.29, 1.82) is 0 Å². The van der Waals surface area contributed by atoms with Crippen LogP contribution in [0.15, 0.2) is 0 Å². The summed E-state index contributed by atoms with van der Waals surface area (Å²) in [7, 11) is -1.36. The summed E-state index contributed by atoms with van der Waals surface area (Å²) >= 11 is 0. The quantitative estimate of drug-likeness (QED) is 0.212. The molecule has 10 heteroatoms. The Labute approximate surface area is 151 Å². The van der Waals surface area contributed by atoms with Crippen molar-refractivity contribution in [3.05, 3.63) is 0 Å². The zero-order valence-corrected chi connectivity index (χ0v) is 15.4. The highest BCUT2D eigenvalue weighted by Crippen LogP contribution is 2.14. The second kappa shape index (κ2) is 14.3. The molecule has 2 unspecified atom stereocenters. The first-order valence-corrected chi connectivity index (χ1v) is 7.44. The predicted octanol–water partition coefficient (Wildman–Crippen LogP) is 0.252. The molecule has 0 rings (SSSR count). The van der Waals surface area contributed by atoms with Crippen LogP contribution in [0.4, 0.5) is 0 Å². The van der Waals surface area contributed by atoms with E-state index < -0.39 is 18.6 Å². The van der Waals surface area contributed by atoms with Gasteiger partial charge in [-0.05, 0) is 32.0 Å². The van der Waals surface area contributed by atoms with Crippen molar-refractivity contribution in [1.82, 2.24) is 5.32 Å². The first-order chi connectivity index (χ1) is 9.71. The molecule has 0 radical (unpaired) electrons. The number of unbranched alkanes of at least 4 members (excludes halogenated alkanes) is 1. The van der Waals surface area contributed by atoms with Crippen LogP contribution in [0.3, 0.4) is 0 Å². The van der Waals surface area contributed by atoms with Gasteiger partial charge in [-0.3, -0.25) is 4.79 Å². The molecule has 0 saturated heterocycles. The summed E-state index contributed by atoms with van der Waals surface area (Å²) in [5, 5.41) is 38.9. The van der Waals surface area contributed by atoms with Crippen LogP contribution in [-0.4, -0.2) is 58.1 Å². The number of aliphatic carboxylic acids is 1. The summed E-state index contributed by atoms with van der Waals surface area (Å²) in [5.41, 5.74) is 4.57. The van der Waals surface area contributed by atoms with Gasteiger partial charge in [0.25, 0.3) is 0 Å². The van der Waals surface area contributed by atoms with E-state index in [1.54, 1.807) is 0 Å². The SMILES string of the molecule is CC(C[C@H](C)CO)NCC(N)(CCCCB(O)O)C(=O)O.Cl.Cl. The molecular weight excluding hydrogens is 346 g/mol. The lowest BCUT2D eigenvalue weighted by molar-refractivity contribution is -0.143. The highest BCUT2D eigenvalue weighted by molar-refractivity contribution is 6.40. The van der Waals surface area contributed by atoms with Gasteiger partial charge >= 0.3 is 13.1 Å². The molecule has 23 heavy (non-hydrogen) atoms. The van der Waals surface area contributed by atoms with Gasteiger partial charge in [-0.25, -0.2) is 0 Å².